The summed E-state index contributed by atoms with van der Waals surface area (Å²) in [6.07, 6.45) is -1.16. The molecule has 0 saturated carbocycles. The van der Waals surface area contributed by atoms with Gasteiger partial charge in [0.2, 0.25) is 0 Å². The lowest BCUT2D eigenvalue weighted by atomic mass is 9.21. The van der Waals surface area contributed by atoms with Crippen LogP contribution in [0.1, 0.15) is 0 Å². The van der Waals surface area contributed by atoms with Gasteiger partial charge >= 0.3 is 0 Å². The topological polar surface area (TPSA) is 0 Å². The van der Waals surface area contributed by atoms with E-state index in [-0.39, 0.29) is 0 Å². The Hall–Kier alpha value is -3.76. The molecule has 0 nitrogen and oxygen atoms in total. The van der Waals surface area contributed by atoms with Crippen molar-refractivity contribution in [2.24, 2.45) is 0 Å². The van der Waals surface area contributed by atoms with Gasteiger partial charge in [-0.1, -0.05) is 198 Å². The first-order valence-electron chi connectivity index (χ1n) is 14.4. The van der Waals surface area contributed by atoms with Crippen molar-refractivity contribution in [3.05, 3.63) is 182 Å². The molecule has 41 heavy (non-hydrogen) atoms. The SMILES string of the molecule is c1ccc(P(C[B-](CP(c2ccccc2)c2ccccc2)(c2ccccc2)c2ccccc2)c2ccccc2)cc1. The molecule has 3 heteroatoms. The molecule has 6 aromatic rings. The molecule has 0 aromatic heterocycles. The third-order valence-electron chi connectivity index (χ3n) is 8.14. The molecule has 0 bridgehead atoms. The molecule has 0 aliphatic carbocycles. The summed E-state index contributed by atoms with van der Waals surface area (Å²) in [6.45, 7) is 0. The van der Waals surface area contributed by atoms with Crippen molar-refractivity contribution in [2.75, 3.05) is 12.1 Å². The maximum absolute atomic E-state index is 2.39. The van der Waals surface area contributed by atoms with Gasteiger partial charge in [-0.05, 0) is 21.2 Å². The van der Waals surface area contributed by atoms with Crippen molar-refractivity contribution < 1.29 is 0 Å². The van der Waals surface area contributed by atoms with E-state index in [4.69, 9.17) is 0 Å². The Morgan fingerprint density at radius 3 is 0.756 bits per heavy atom. The highest BCUT2D eigenvalue weighted by molar-refractivity contribution is 7.79. The largest absolute Gasteiger partial charge is 0.204 e. The van der Waals surface area contributed by atoms with Crippen molar-refractivity contribution in [2.45, 2.75) is 0 Å². The minimum absolute atomic E-state index is 0.616. The Kier molecular flexibility index (Phi) is 8.87. The molecule has 0 fully saturated rings. The van der Waals surface area contributed by atoms with Crippen molar-refractivity contribution in [1.29, 1.82) is 0 Å². The fourth-order valence-corrected chi connectivity index (χ4v) is 12.2. The summed E-state index contributed by atoms with van der Waals surface area (Å²) in [5.74, 6) is 0. The first kappa shape index (κ1) is 27.4. The van der Waals surface area contributed by atoms with Crippen LogP contribution < -0.4 is 32.1 Å². The quantitative estimate of drug-likeness (QED) is 0.130. The Morgan fingerprint density at radius 1 is 0.293 bits per heavy atom. The molecule has 0 amide bonds. The third-order valence-corrected chi connectivity index (χ3v) is 13.8. The van der Waals surface area contributed by atoms with Gasteiger partial charge < -0.3 is 0 Å². The van der Waals surface area contributed by atoms with Gasteiger partial charge in [-0.2, -0.15) is 0 Å². The zero-order valence-electron chi connectivity index (χ0n) is 23.2. The second-order valence-electron chi connectivity index (χ2n) is 10.6. The highest BCUT2D eigenvalue weighted by Gasteiger charge is 2.35. The Balaban J connectivity index is 1.59. The van der Waals surface area contributed by atoms with Crippen LogP contribution in [0.5, 0.6) is 0 Å². The van der Waals surface area contributed by atoms with E-state index in [1.165, 1.54) is 32.1 Å². The summed E-state index contributed by atoms with van der Waals surface area (Å²) >= 11 is 0. The average molecular weight is 563 g/mol. The van der Waals surface area contributed by atoms with E-state index >= 15 is 0 Å². The smallest absolute Gasteiger partial charge is 0.0646 e. The first-order valence-corrected chi connectivity index (χ1v) is 17.4. The highest BCUT2D eigenvalue weighted by Crippen LogP contribution is 2.42. The van der Waals surface area contributed by atoms with Crippen LogP contribution in [-0.2, 0) is 0 Å². The summed E-state index contributed by atoms with van der Waals surface area (Å²) in [4.78, 5) is 0. The van der Waals surface area contributed by atoms with Crippen molar-refractivity contribution in [3.8, 4) is 0 Å². The minimum atomic E-state index is -1.16. The van der Waals surface area contributed by atoms with Crippen LogP contribution >= 0.6 is 15.8 Å². The second-order valence-corrected chi connectivity index (χ2v) is 15.1. The van der Waals surface area contributed by atoms with Crippen LogP contribution in [0, 0.1) is 0 Å². The van der Waals surface area contributed by atoms with Gasteiger partial charge in [-0.3, -0.25) is 0 Å². The summed E-state index contributed by atoms with van der Waals surface area (Å²) in [7, 11) is -1.23. The summed E-state index contributed by atoms with van der Waals surface area (Å²) < 4.78 is 0. The molecule has 0 atom stereocenters. The summed E-state index contributed by atoms with van der Waals surface area (Å²) in [5.41, 5.74) is 2.91. The minimum Gasteiger partial charge on any atom is -0.204 e. The molecular weight excluding hydrogens is 529 g/mol. The highest BCUT2D eigenvalue weighted by atomic mass is 31.1. The Morgan fingerprint density at radius 2 is 0.512 bits per heavy atom. The normalized spacial score (nSPS) is 11.6. The zero-order valence-corrected chi connectivity index (χ0v) is 25.0. The first-order chi connectivity index (χ1) is 20.3. The van der Waals surface area contributed by atoms with Gasteiger partial charge in [0.25, 0.3) is 0 Å². The van der Waals surface area contributed by atoms with Crippen LogP contribution in [0.3, 0.4) is 0 Å². The lowest BCUT2D eigenvalue weighted by Gasteiger charge is -2.47. The maximum atomic E-state index is 2.39. The molecular formula is C38H34BP2-. The Bertz CT molecular complexity index is 1410. The van der Waals surface area contributed by atoms with Crippen molar-refractivity contribution >= 4 is 54.1 Å². The van der Waals surface area contributed by atoms with Crippen LogP contribution in [-0.4, -0.2) is 18.3 Å². The van der Waals surface area contributed by atoms with E-state index in [1.54, 1.807) is 0 Å². The van der Waals surface area contributed by atoms with Crippen molar-refractivity contribution in [3.63, 3.8) is 0 Å². The van der Waals surface area contributed by atoms with E-state index < -0.39 is 22.0 Å². The molecule has 0 aliphatic rings. The number of rotatable bonds is 10. The van der Waals surface area contributed by atoms with Gasteiger partial charge in [0.1, 0.15) is 0 Å². The van der Waals surface area contributed by atoms with E-state index in [0.717, 1.165) is 12.1 Å². The van der Waals surface area contributed by atoms with E-state index in [2.05, 4.69) is 182 Å². The Labute approximate surface area is 247 Å². The lowest BCUT2D eigenvalue weighted by Crippen LogP contribution is -2.65. The number of hydrogen-bond donors (Lipinski definition) is 0. The standard InChI is InChI=1S/C38H34BP2/c1-7-19-33(20-8-1)39(34-21-9-2-10-22-34,31-40(35-23-11-3-12-24-35)36-25-13-4-14-26-36)32-41(37-27-15-5-16-28-37)38-29-17-6-18-30-38/h1-30H,31-32H2/q-1. The molecule has 0 unspecified atom stereocenters. The fraction of sp³-hybridized carbons (Fsp3) is 0.0526. The number of benzene rings is 6. The van der Waals surface area contributed by atoms with Crippen LogP contribution in [0.25, 0.3) is 0 Å². The summed E-state index contributed by atoms with van der Waals surface area (Å²) in [6, 6.07) is 69.9. The van der Waals surface area contributed by atoms with Gasteiger partial charge in [-0.25, -0.2) is 10.9 Å². The molecule has 0 radical (unpaired) electrons. The van der Waals surface area contributed by atoms with Gasteiger partial charge in [0.15, 0.2) is 0 Å². The monoisotopic (exact) mass is 563 g/mol. The zero-order chi connectivity index (χ0) is 27.7. The molecule has 0 heterocycles. The summed E-state index contributed by atoms with van der Waals surface area (Å²) in [5, 5.41) is 5.76. The van der Waals surface area contributed by atoms with E-state index in [9.17, 15) is 0 Å². The van der Waals surface area contributed by atoms with Crippen LogP contribution in [0.15, 0.2) is 182 Å². The molecule has 6 aromatic carbocycles. The van der Waals surface area contributed by atoms with Gasteiger partial charge in [0, 0.05) is 0 Å². The molecule has 0 aliphatic heterocycles. The van der Waals surface area contributed by atoms with Crippen molar-refractivity contribution in [1.82, 2.24) is 0 Å². The van der Waals surface area contributed by atoms with Crippen LogP contribution in [0.2, 0.25) is 0 Å². The maximum Gasteiger partial charge on any atom is 0.0646 e. The predicted octanol–water partition coefficient (Wildman–Crippen LogP) is 6.59. The van der Waals surface area contributed by atoms with Gasteiger partial charge in [-0.15, -0.1) is 12.1 Å². The average Bonchev–Trinajstić information content (AvgIpc) is 3.07. The number of hydrogen-bond acceptors (Lipinski definition) is 0. The molecule has 0 saturated heterocycles. The molecule has 0 N–H and O–H groups in total. The molecule has 200 valence electrons. The lowest BCUT2D eigenvalue weighted by molar-refractivity contribution is 1.62. The van der Waals surface area contributed by atoms with Gasteiger partial charge in [0.05, 0.1) is 6.15 Å². The second kappa shape index (κ2) is 13.3. The third kappa shape index (κ3) is 6.28. The molecule has 6 rings (SSSR count). The fourth-order valence-electron chi connectivity index (χ4n) is 6.09. The molecule has 0 spiro atoms. The van der Waals surface area contributed by atoms with E-state index in [0.29, 0.717) is 0 Å². The van der Waals surface area contributed by atoms with E-state index in [1.807, 2.05) is 0 Å². The van der Waals surface area contributed by atoms with Crippen LogP contribution in [0.4, 0.5) is 0 Å². The predicted molar refractivity (Wildman–Crippen MR) is 186 cm³/mol.